The van der Waals surface area contributed by atoms with Crippen molar-refractivity contribution in [3.05, 3.63) is 64.9 Å². The number of hydrogen-bond acceptors (Lipinski definition) is 6. The van der Waals surface area contributed by atoms with Gasteiger partial charge in [0.2, 0.25) is 11.1 Å². The van der Waals surface area contributed by atoms with E-state index in [-0.39, 0.29) is 17.6 Å². The molecule has 1 aliphatic heterocycles. The van der Waals surface area contributed by atoms with Crippen molar-refractivity contribution in [1.29, 1.82) is 0 Å². The maximum Gasteiger partial charge on any atom is 0.260 e. The van der Waals surface area contributed by atoms with Crippen LogP contribution >= 0.6 is 23.4 Å². The predicted molar refractivity (Wildman–Crippen MR) is 117 cm³/mol. The number of rotatable bonds is 4. The van der Waals surface area contributed by atoms with Crippen LogP contribution in [0.3, 0.4) is 0 Å². The van der Waals surface area contributed by atoms with Gasteiger partial charge in [-0.15, -0.1) is 10.2 Å². The van der Waals surface area contributed by atoms with Gasteiger partial charge in [0.15, 0.2) is 5.82 Å². The molecular formula is C21H19ClFN5O2S. The van der Waals surface area contributed by atoms with Crippen LogP contribution < -0.4 is 5.84 Å². The molecule has 2 heterocycles. The van der Waals surface area contributed by atoms with Gasteiger partial charge in [0.1, 0.15) is 5.82 Å². The third-order valence-electron chi connectivity index (χ3n) is 4.99. The van der Waals surface area contributed by atoms with E-state index in [4.69, 9.17) is 17.4 Å². The zero-order chi connectivity index (χ0) is 22.0. The Hall–Kier alpha value is -2.91. The van der Waals surface area contributed by atoms with Gasteiger partial charge in [-0.3, -0.25) is 14.5 Å². The first-order chi connectivity index (χ1) is 14.9. The molecule has 1 fully saturated rings. The quantitative estimate of drug-likeness (QED) is 0.471. The van der Waals surface area contributed by atoms with Crippen LogP contribution in [0, 0.1) is 5.82 Å². The number of nitrogen functional groups attached to an aromatic ring is 1. The third kappa shape index (κ3) is 4.57. The first-order valence-corrected chi connectivity index (χ1v) is 10.9. The number of nitrogens with two attached hydrogens (primary N) is 1. The number of hydrogen-bond donors (Lipinski definition) is 1. The van der Waals surface area contributed by atoms with E-state index in [2.05, 4.69) is 10.2 Å². The molecule has 1 atom stereocenters. The molecule has 0 saturated carbocycles. The molecule has 0 radical (unpaired) electrons. The van der Waals surface area contributed by atoms with Crippen LogP contribution in [-0.2, 0) is 4.79 Å². The zero-order valence-corrected chi connectivity index (χ0v) is 17.9. The topological polar surface area (TPSA) is 94.1 Å². The van der Waals surface area contributed by atoms with Gasteiger partial charge in [-0.2, -0.15) is 0 Å². The Bertz CT molecular complexity index is 1100. The Morgan fingerprint density at radius 3 is 2.52 bits per heavy atom. The lowest BCUT2D eigenvalue weighted by Crippen LogP contribution is -2.41. The van der Waals surface area contributed by atoms with Crippen LogP contribution in [0.2, 0.25) is 5.02 Å². The van der Waals surface area contributed by atoms with E-state index in [1.165, 1.54) is 33.5 Å². The van der Waals surface area contributed by atoms with Crippen molar-refractivity contribution in [2.24, 2.45) is 0 Å². The molecule has 1 saturated heterocycles. The van der Waals surface area contributed by atoms with Gasteiger partial charge in [0, 0.05) is 22.7 Å². The molecule has 1 aromatic heterocycles. The number of carbonyl (C=O) groups excluding carboxylic acids is 2. The highest BCUT2D eigenvalue weighted by atomic mass is 35.5. The van der Waals surface area contributed by atoms with Crippen LogP contribution in [0.1, 0.15) is 29.6 Å². The van der Waals surface area contributed by atoms with Crippen LogP contribution in [-0.4, -0.2) is 43.4 Å². The SMILES string of the molecule is Nn1c(SC2CCCCN(C(=O)c3ccc(Cl)cc3)C2=O)nnc1-c1ccc(F)cc1. The highest BCUT2D eigenvalue weighted by Crippen LogP contribution is 2.31. The summed E-state index contributed by atoms with van der Waals surface area (Å²) in [5.41, 5.74) is 1.01. The number of carbonyl (C=O) groups is 2. The summed E-state index contributed by atoms with van der Waals surface area (Å²) in [4.78, 5) is 27.4. The Morgan fingerprint density at radius 2 is 1.81 bits per heavy atom. The summed E-state index contributed by atoms with van der Waals surface area (Å²) in [7, 11) is 0. The van der Waals surface area contributed by atoms with E-state index in [0.717, 1.165) is 12.8 Å². The van der Waals surface area contributed by atoms with Crippen molar-refractivity contribution in [2.75, 3.05) is 12.4 Å². The molecule has 0 aliphatic carbocycles. The number of likely N-dealkylation sites (tertiary alicyclic amines) is 1. The standard InChI is InChI=1S/C21H19ClFN5O2S/c22-15-8-4-14(5-9-15)19(29)27-12-2-1-3-17(20(27)30)31-21-26-25-18(28(21)24)13-6-10-16(23)11-7-13/h4-11,17H,1-3,12,24H2. The molecule has 0 bridgehead atoms. The second kappa shape index (κ2) is 9.07. The lowest BCUT2D eigenvalue weighted by atomic mass is 10.2. The first-order valence-electron chi connectivity index (χ1n) is 9.68. The van der Waals surface area contributed by atoms with Crippen LogP contribution in [0.15, 0.2) is 53.7 Å². The van der Waals surface area contributed by atoms with Crippen molar-refractivity contribution in [3.63, 3.8) is 0 Å². The molecule has 0 spiro atoms. The summed E-state index contributed by atoms with van der Waals surface area (Å²) in [5.74, 6) is 5.51. The number of thioether (sulfide) groups is 1. The lowest BCUT2D eigenvalue weighted by Gasteiger charge is -2.22. The summed E-state index contributed by atoms with van der Waals surface area (Å²) in [6.07, 6.45) is 2.10. The summed E-state index contributed by atoms with van der Waals surface area (Å²) >= 11 is 7.07. The minimum absolute atomic E-state index is 0.284. The van der Waals surface area contributed by atoms with E-state index in [9.17, 15) is 14.0 Å². The van der Waals surface area contributed by atoms with E-state index in [0.29, 0.717) is 40.1 Å². The molecule has 160 valence electrons. The summed E-state index contributed by atoms with van der Waals surface area (Å²) in [5, 5.41) is 8.52. The maximum atomic E-state index is 13.2. The number of nitrogens with zero attached hydrogens (tertiary/aromatic N) is 4. The highest BCUT2D eigenvalue weighted by Gasteiger charge is 2.33. The molecule has 1 aliphatic rings. The van der Waals surface area contributed by atoms with Crippen molar-refractivity contribution in [1.82, 2.24) is 19.8 Å². The number of imide groups is 1. The molecule has 3 aromatic rings. The van der Waals surface area contributed by atoms with Crippen molar-refractivity contribution >= 4 is 35.2 Å². The second-order valence-corrected chi connectivity index (χ2v) is 8.69. The van der Waals surface area contributed by atoms with Crippen molar-refractivity contribution in [3.8, 4) is 11.4 Å². The van der Waals surface area contributed by atoms with Gasteiger partial charge in [-0.05, 0) is 61.4 Å². The molecule has 1 unspecified atom stereocenters. The van der Waals surface area contributed by atoms with Gasteiger partial charge in [-0.1, -0.05) is 29.8 Å². The fraction of sp³-hybridized carbons (Fsp3) is 0.238. The van der Waals surface area contributed by atoms with Gasteiger partial charge in [0.25, 0.3) is 5.91 Å². The maximum absolute atomic E-state index is 13.2. The molecule has 31 heavy (non-hydrogen) atoms. The van der Waals surface area contributed by atoms with Crippen LogP contribution in [0.4, 0.5) is 4.39 Å². The largest absolute Gasteiger partial charge is 0.335 e. The molecule has 7 nitrogen and oxygen atoms in total. The monoisotopic (exact) mass is 459 g/mol. The molecule has 2 N–H and O–H groups in total. The smallest absolute Gasteiger partial charge is 0.260 e. The molecular weight excluding hydrogens is 441 g/mol. The fourth-order valence-corrected chi connectivity index (χ4v) is 4.53. The molecule has 10 heteroatoms. The summed E-state index contributed by atoms with van der Waals surface area (Å²) in [6.45, 7) is 0.355. The Kier molecular flexibility index (Phi) is 6.24. The van der Waals surface area contributed by atoms with E-state index in [1.807, 2.05) is 0 Å². The number of amides is 2. The number of halogens is 2. The summed E-state index contributed by atoms with van der Waals surface area (Å²) < 4.78 is 14.5. The average molecular weight is 460 g/mol. The number of benzene rings is 2. The van der Waals surface area contributed by atoms with Crippen LogP contribution in [0.5, 0.6) is 0 Å². The van der Waals surface area contributed by atoms with Crippen LogP contribution in [0.25, 0.3) is 11.4 Å². The van der Waals surface area contributed by atoms with Gasteiger partial charge < -0.3 is 5.84 Å². The zero-order valence-electron chi connectivity index (χ0n) is 16.4. The van der Waals surface area contributed by atoms with Gasteiger partial charge >= 0.3 is 0 Å². The highest BCUT2D eigenvalue weighted by molar-refractivity contribution is 8.00. The minimum atomic E-state index is -0.522. The Morgan fingerprint density at radius 1 is 1.10 bits per heavy atom. The fourth-order valence-electron chi connectivity index (χ4n) is 3.35. The van der Waals surface area contributed by atoms with E-state index >= 15 is 0 Å². The van der Waals surface area contributed by atoms with Crippen molar-refractivity contribution < 1.29 is 14.0 Å². The lowest BCUT2D eigenvalue weighted by molar-refractivity contribution is -0.127. The molecule has 2 aromatic carbocycles. The summed E-state index contributed by atoms with van der Waals surface area (Å²) in [6, 6.07) is 12.2. The Labute approximate surface area is 187 Å². The first kappa shape index (κ1) is 21.3. The normalized spacial score (nSPS) is 16.9. The molecule has 2 amide bonds. The predicted octanol–water partition coefficient (Wildman–Crippen LogP) is 3.77. The van der Waals surface area contributed by atoms with E-state index < -0.39 is 5.25 Å². The second-order valence-electron chi connectivity index (χ2n) is 7.09. The average Bonchev–Trinajstić information content (AvgIpc) is 3.02. The van der Waals surface area contributed by atoms with E-state index in [1.54, 1.807) is 36.4 Å². The van der Waals surface area contributed by atoms with Crippen molar-refractivity contribution in [2.45, 2.75) is 29.7 Å². The molecule has 4 rings (SSSR count). The van der Waals surface area contributed by atoms with Gasteiger partial charge in [0.05, 0.1) is 5.25 Å². The minimum Gasteiger partial charge on any atom is -0.335 e. The third-order valence-corrected chi connectivity index (χ3v) is 6.45. The Balaban J connectivity index is 1.54. The number of aromatic nitrogens is 3. The van der Waals surface area contributed by atoms with Gasteiger partial charge in [-0.25, -0.2) is 9.07 Å².